The molecule has 0 saturated heterocycles. The van der Waals surface area contributed by atoms with E-state index >= 15 is 0 Å². The molecule has 0 bridgehead atoms. The van der Waals surface area contributed by atoms with Crippen LogP contribution in [0.1, 0.15) is 210 Å². The molecule has 0 saturated carbocycles. The molecule has 0 N–H and O–H groups in total. The van der Waals surface area contributed by atoms with Crippen molar-refractivity contribution in [2.24, 2.45) is 0 Å². The standard InChI is InChI=1S/C45H74O3/c1-3-5-7-9-11-13-15-17-19-21-23-25-27-29-35-41-36-30-32-38-43(41)48-45(46)42-37-31-33-39-44(42)47-40-34-28-26-24-22-20-18-16-14-12-10-8-6-4-2/h30-33,36-39H,3-29,34-35,40H2,1-2H3. The van der Waals surface area contributed by atoms with E-state index in [2.05, 4.69) is 19.9 Å². The first-order valence-corrected chi connectivity index (χ1v) is 20.8. The lowest BCUT2D eigenvalue weighted by atomic mass is 10.0. The van der Waals surface area contributed by atoms with Gasteiger partial charge < -0.3 is 9.47 Å². The van der Waals surface area contributed by atoms with Gasteiger partial charge in [0.05, 0.1) is 6.61 Å². The van der Waals surface area contributed by atoms with Crippen LogP contribution in [0.2, 0.25) is 0 Å². The van der Waals surface area contributed by atoms with Crippen LogP contribution in [-0.2, 0) is 6.42 Å². The van der Waals surface area contributed by atoms with E-state index < -0.39 is 0 Å². The Kier molecular flexibility index (Phi) is 26.8. The fraction of sp³-hybridized carbons (Fsp3) is 0.711. The van der Waals surface area contributed by atoms with Crippen LogP contribution in [0.5, 0.6) is 11.5 Å². The Hall–Kier alpha value is -2.29. The molecule has 48 heavy (non-hydrogen) atoms. The van der Waals surface area contributed by atoms with Crippen LogP contribution in [0.15, 0.2) is 48.5 Å². The molecule has 0 spiro atoms. The molecule has 2 aromatic carbocycles. The van der Waals surface area contributed by atoms with Crippen LogP contribution in [0.3, 0.4) is 0 Å². The van der Waals surface area contributed by atoms with Gasteiger partial charge in [-0.2, -0.15) is 0 Å². The van der Waals surface area contributed by atoms with Gasteiger partial charge in [-0.25, -0.2) is 4.79 Å². The minimum Gasteiger partial charge on any atom is -0.493 e. The molecule has 0 heterocycles. The predicted molar refractivity (Wildman–Crippen MR) is 208 cm³/mol. The summed E-state index contributed by atoms with van der Waals surface area (Å²) in [4.78, 5) is 13.2. The van der Waals surface area contributed by atoms with E-state index in [1.165, 1.54) is 167 Å². The van der Waals surface area contributed by atoms with Crippen molar-refractivity contribution in [3.8, 4) is 11.5 Å². The van der Waals surface area contributed by atoms with Gasteiger partial charge in [0.1, 0.15) is 17.1 Å². The van der Waals surface area contributed by atoms with Crippen molar-refractivity contribution >= 4 is 5.97 Å². The summed E-state index contributed by atoms with van der Waals surface area (Å²) < 4.78 is 12.0. The summed E-state index contributed by atoms with van der Waals surface area (Å²) in [6, 6.07) is 15.6. The summed E-state index contributed by atoms with van der Waals surface area (Å²) in [5.74, 6) is 0.973. The predicted octanol–water partition coefficient (Wildman–Crippen LogP) is 14.8. The topological polar surface area (TPSA) is 35.5 Å². The first-order chi connectivity index (χ1) is 23.8. The number of hydrogen-bond donors (Lipinski definition) is 0. The van der Waals surface area contributed by atoms with Gasteiger partial charge in [0.15, 0.2) is 0 Å². The quantitative estimate of drug-likeness (QED) is 0.0433. The third kappa shape index (κ3) is 21.6. The fourth-order valence-corrected chi connectivity index (χ4v) is 6.71. The van der Waals surface area contributed by atoms with Crippen LogP contribution in [0.4, 0.5) is 0 Å². The maximum atomic E-state index is 13.2. The van der Waals surface area contributed by atoms with Crippen LogP contribution >= 0.6 is 0 Å². The van der Waals surface area contributed by atoms with Gasteiger partial charge in [0, 0.05) is 0 Å². The summed E-state index contributed by atoms with van der Waals surface area (Å²) in [5.41, 5.74) is 1.62. The smallest absolute Gasteiger partial charge is 0.347 e. The van der Waals surface area contributed by atoms with Crippen molar-refractivity contribution < 1.29 is 14.3 Å². The van der Waals surface area contributed by atoms with Gasteiger partial charge in [-0.1, -0.05) is 211 Å². The van der Waals surface area contributed by atoms with E-state index in [0.29, 0.717) is 23.7 Å². The minimum atomic E-state index is -0.333. The Labute approximate surface area is 297 Å². The second-order valence-electron chi connectivity index (χ2n) is 14.3. The highest BCUT2D eigenvalue weighted by Crippen LogP contribution is 2.25. The Bertz CT molecular complexity index is 1010. The highest BCUT2D eigenvalue weighted by atomic mass is 16.5. The van der Waals surface area contributed by atoms with E-state index in [4.69, 9.17) is 9.47 Å². The van der Waals surface area contributed by atoms with Crippen molar-refractivity contribution in [3.63, 3.8) is 0 Å². The number of carbonyl (C=O) groups is 1. The van der Waals surface area contributed by atoms with Crippen LogP contribution in [0, 0.1) is 0 Å². The second kappa shape index (κ2) is 30.7. The van der Waals surface area contributed by atoms with Gasteiger partial charge >= 0.3 is 5.97 Å². The van der Waals surface area contributed by atoms with E-state index in [0.717, 1.165) is 24.8 Å². The van der Waals surface area contributed by atoms with Crippen molar-refractivity contribution in [1.29, 1.82) is 0 Å². The summed E-state index contributed by atoms with van der Waals surface area (Å²) >= 11 is 0. The molecular formula is C45H74O3. The summed E-state index contributed by atoms with van der Waals surface area (Å²) in [7, 11) is 0. The van der Waals surface area contributed by atoms with Crippen LogP contribution < -0.4 is 9.47 Å². The first kappa shape index (κ1) is 41.9. The number of carbonyl (C=O) groups excluding carboxylic acids is 1. The molecule has 0 aliphatic heterocycles. The van der Waals surface area contributed by atoms with E-state index in [1.54, 1.807) is 0 Å². The molecule has 0 aliphatic rings. The summed E-state index contributed by atoms with van der Waals surface area (Å²) in [6.45, 7) is 5.21. The van der Waals surface area contributed by atoms with E-state index in [-0.39, 0.29) is 5.97 Å². The first-order valence-electron chi connectivity index (χ1n) is 20.8. The number of unbranched alkanes of at least 4 members (excludes halogenated alkanes) is 26. The molecule has 0 aromatic heterocycles. The fourth-order valence-electron chi connectivity index (χ4n) is 6.71. The summed E-state index contributed by atoms with van der Waals surface area (Å²) in [5, 5.41) is 0. The monoisotopic (exact) mass is 663 g/mol. The molecule has 2 aromatic rings. The molecule has 3 nitrogen and oxygen atoms in total. The third-order valence-electron chi connectivity index (χ3n) is 9.84. The van der Waals surface area contributed by atoms with Crippen molar-refractivity contribution in [2.45, 2.75) is 200 Å². The number of aryl methyl sites for hydroxylation is 1. The zero-order valence-electron chi connectivity index (χ0n) is 31.6. The zero-order chi connectivity index (χ0) is 34.2. The largest absolute Gasteiger partial charge is 0.493 e. The van der Waals surface area contributed by atoms with Gasteiger partial charge in [0.25, 0.3) is 0 Å². The number of rotatable bonds is 33. The number of esters is 1. The molecule has 2 rings (SSSR count). The lowest BCUT2D eigenvalue weighted by molar-refractivity contribution is 0.0728. The zero-order valence-corrected chi connectivity index (χ0v) is 31.6. The van der Waals surface area contributed by atoms with E-state index in [9.17, 15) is 4.79 Å². The molecule has 0 amide bonds. The maximum Gasteiger partial charge on any atom is 0.347 e. The average molecular weight is 663 g/mol. The SMILES string of the molecule is CCCCCCCCCCCCCCCCOc1ccccc1C(=O)Oc1ccccc1CCCCCCCCCCCCCCCC. The molecule has 0 radical (unpaired) electrons. The minimum absolute atomic E-state index is 0.333. The lowest BCUT2D eigenvalue weighted by Crippen LogP contribution is -2.12. The van der Waals surface area contributed by atoms with Crippen molar-refractivity contribution in [2.75, 3.05) is 6.61 Å². The Morgan fingerprint density at radius 2 is 0.812 bits per heavy atom. The highest BCUT2D eigenvalue weighted by Gasteiger charge is 2.16. The van der Waals surface area contributed by atoms with Crippen molar-refractivity contribution in [3.05, 3.63) is 59.7 Å². The maximum absolute atomic E-state index is 13.2. The average Bonchev–Trinajstić information content (AvgIpc) is 3.11. The molecule has 0 aliphatic carbocycles. The Morgan fingerprint density at radius 1 is 0.438 bits per heavy atom. The molecular weight excluding hydrogens is 588 g/mol. The third-order valence-corrected chi connectivity index (χ3v) is 9.84. The number of hydrogen-bond acceptors (Lipinski definition) is 3. The molecule has 272 valence electrons. The van der Waals surface area contributed by atoms with Gasteiger partial charge in [-0.05, 0) is 43.0 Å². The van der Waals surface area contributed by atoms with Crippen LogP contribution in [0.25, 0.3) is 0 Å². The molecule has 0 unspecified atom stereocenters. The van der Waals surface area contributed by atoms with Crippen molar-refractivity contribution in [1.82, 2.24) is 0 Å². The Morgan fingerprint density at radius 3 is 1.29 bits per heavy atom. The van der Waals surface area contributed by atoms with Gasteiger partial charge in [-0.3, -0.25) is 0 Å². The van der Waals surface area contributed by atoms with Crippen LogP contribution in [-0.4, -0.2) is 12.6 Å². The number of benzene rings is 2. The normalized spacial score (nSPS) is 11.2. The summed E-state index contributed by atoms with van der Waals surface area (Å²) in [6.07, 6.45) is 38.7. The van der Waals surface area contributed by atoms with E-state index in [1.807, 2.05) is 42.5 Å². The molecule has 0 atom stereocenters. The number of para-hydroxylation sites is 2. The van der Waals surface area contributed by atoms with Gasteiger partial charge in [0.2, 0.25) is 0 Å². The number of ether oxygens (including phenoxy) is 2. The second-order valence-corrected chi connectivity index (χ2v) is 14.3. The Balaban J connectivity index is 1.57. The molecule has 0 fully saturated rings. The molecule has 3 heteroatoms. The lowest BCUT2D eigenvalue weighted by Gasteiger charge is -2.13. The van der Waals surface area contributed by atoms with Gasteiger partial charge in [-0.15, -0.1) is 0 Å². The highest BCUT2D eigenvalue weighted by molar-refractivity contribution is 5.94.